The van der Waals surface area contributed by atoms with Crippen molar-refractivity contribution in [3.8, 4) is 5.75 Å². The molecule has 47 heavy (non-hydrogen) atoms. The summed E-state index contributed by atoms with van der Waals surface area (Å²) in [5.74, 6) is -3.92. The Balaban J connectivity index is 1.39. The number of carbonyl (C=O) groups excluding carboxylic acids is 3. The van der Waals surface area contributed by atoms with Crippen LogP contribution in [0.15, 0.2) is 82.6 Å². The quantitative estimate of drug-likeness (QED) is 0.186. The Morgan fingerprint density at radius 3 is 2.15 bits per heavy atom. The van der Waals surface area contributed by atoms with E-state index in [2.05, 4.69) is 5.32 Å². The summed E-state index contributed by atoms with van der Waals surface area (Å²) in [6, 6.07) is 14.3. The Morgan fingerprint density at radius 2 is 1.51 bits per heavy atom. The third-order valence-electron chi connectivity index (χ3n) is 7.73. The average Bonchev–Trinajstić information content (AvgIpc) is 3.46. The summed E-state index contributed by atoms with van der Waals surface area (Å²) in [4.78, 5) is 54.5. The fourth-order valence-electron chi connectivity index (χ4n) is 5.62. The summed E-state index contributed by atoms with van der Waals surface area (Å²) in [6.07, 6.45) is -9.38. The zero-order valence-corrected chi connectivity index (χ0v) is 25.5. The molecule has 0 bridgehead atoms. The second kappa shape index (κ2) is 11.9. The number of carbonyl (C=O) groups is 3. The lowest BCUT2D eigenvalue weighted by atomic mass is 9.83. The molecule has 3 atom stereocenters. The minimum absolute atomic E-state index is 0.154. The lowest BCUT2D eigenvalue weighted by Gasteiger charge is -2.30. The molecule has 0 radical (unpaired) electrons. The van der Waals surface area contributed by atoms with Crippen molar-refractivity contribution in [2.24, 2.45) is 5.92 Å². The van der Waals surface area contributed by atoms with Crippen LogP contribution in [0, 0.1) is 5.92 Å². The zero-order chi connectivity index (χ0) is 33.8. The van der Waals surface area contributed by atoms with Gasteiger partial charge in [0, 0.05) is 16.5 Å². The van der Waals surface area contributed by atoms with Gasteiger partial charge in [-0.1, -0.05) is 47.4 Å². The summed E-state index contributed by atoms with van der Waals surface area (Å²) in [5.41, 5.74) is -1.95. The van der Waals surface area contributed by atoms with Gasteiger partial charge in [-0.05, 0) is 54.1 Å². The number of alkyl halides is 6. The number of amides is 3. The number of hydrogen-bond donors (Lipinski definition) is 1. The smallest absolute Gasteiger partial charge is 0.416 e. The molecule has 6 rings (SSSR count). The highest BCUT2D eigenvalue weighted by Crippen LogP contribution is 2.54. The van der Waals surface area contributed by atoms with Gasteiger partial charge in [0.15, 0.2) is 0 Å². The predicted molar refractivity (Wildman–Crippen MR) is 161 cm³/mol. The van der Waals surface area contributed by atoms with Crippen molar-refractivity contribution in [2.45, 2.75) is 35.1 Å². The number of thioether (sulfide) groups is 1. The molecule has 0 aliphatic carbocycles. The van der Waals surface area contributed by atoms with Gasteiger partial charge in [0.25, 0.3) is 0 Å². The first-order valence-electron chi connectivity index (χ1n) is 13.7. The molecule has 1 N–H and O–H groups in total. The van der Waals surface area contributed by atoms with Crippen LogP contribution in [0.1, 0.15) is 27.5 Å². The maximum atomic E-state index is 14.0. The second-order valence-corrected chi connectivity index (χ2v) is 12.7. The van der Waals surface area contributed by atoms with Crippen LogP contribution in [0.2, 0.25) is 0 Å². The topological polar surface area (TPSA) is 97.7 Å². The largest absolute Gasteiger partial charge is 0.497 e. The van der Waals surface area contributed by atoms with Crippen LogP contribution in [0.4, 0.5) is 37.7 Å². The highest BCUT2D eigenvalue weighted by Gasteiger charge is 2.57. The molecule has 1 fully saturated rings. The van der Waals surface area contributed by atoms with Gasteiger partial charge in [0.1, 0.15) is 17.5 Å². The molecule has 0 saturated carbocycles. The van der Waals surface area contributed by atoms with Crippen LogP contribution in [0.25, 0.3) is 0 Å². The molecule has 3 heterocycles. The zero-order valence-electron chi connectivity index (χ0n) is 23.9. The molecule has 3 aromatic carbocycles. The van der Waals surface area contributed by atoms with E-state index < -0.39 is 69.7 Å². The molecule has 3 amide bonds. The van der Waals surface area contributed by atoms with E-state index >= 15 is 0 Å². The molecular weight excluding hydrogens is 672 g/mol. The SMILES string of the molecule is COc1ccc([C@@H]2c3sc(=O)n(CC(=O)Nc4cccc(C(F)(F)F)c4)c3S[C@H]3C(=O)N(c4cccc(C(F)(F)F)c4)C(=O)[C@@H]23)cc1. The summed E-state index contributed by atoms with van der Waals surface area (Å²) in [6.45, 7) is -0.625. The molecule has 16 heteroatoms. The maximum Gasteiger partial charge on any atom is 0.416 e. The normalized spacial score (nSPS) is 19.4. The molecule has 1 saturated heterocycles. The number of nitrogens with one attached hydrogen (secondary N) is 1. The number of imide groups is 1. The van der Waals surface area contributed by atoms with Crippen molar-refractivity contribution in [1.82, 2.24) is 4.57 Å². The van der Waals surface area contributed by atoms with Gasteiger partial charge in [0.05, 0.1) is 34.9 Å². The number of benzene rings is 3. The summed E-state index contributed by atoms with van der Waals surface area (Å²) < 4.78 is 86.3. The van der Waals surface area contributed by atoms with Crippen molar-refractivity contribution in [3.63, 3.8) is 0 Å². The van der Waals surface area contributed by atoms with Crippen molar-refractivity contribution in [3.05, 3.63) is 104 Å². The van der Waals surface area contributed by atoms with Crippen molar-refractivity contribution >= 4 is 52.2 Å². The Hall–Kier alpha value is -4.57. The van der Waals surface area contributed by atoms with Crippen molar-refractivity contribution < 1.29 is 45.5 Å². The minimum Gasteiger partial charge on any atom is -0.497 e. The molecule has 0 spiro atoms. The van der Waals surface area contributed by atoms with Crippen LogP contribution in [0.3, 0.4) is 0 Å². The Labute approximate surface area is 269 Å². The monoisotopic (exact) mass is 693 g/mol. The number of hydrogen-bond acceptors (Lipinski definition) is 7. The molecule has 2 aliphatic rings. The van der Waals surface area contributed by atoms with E-state index in [0.29, 0.717) is 27.2 Å². The fourth-order valence-corrected chi connectivity index (χ4v) is 8.39. The highest BCUT2D eigenvalue weighted by atomic mass is 32.2. The third kappa shape index (κ3) is 6.02. The third-order valence-corrected chi connectivity index (χ3v) is 10.3. The van der Waals surface area contributed by atoms with E-state index in [1.165, 1.54) is 19.2 Å². The molecule has 1 aromatic heterocycles. The Bertz CT molecular complexity index is 1950. The van der Waals surface area contributed by atoms with Crippen LogP contribution in [-0.4, -0.2) is 34.6 Å². The van der Waals surface area contributed by atoms with Crippen LogP contribution >= 0.6 is 23.1 Å². The number of thiazole rings is 1. The first-order valence-corrected chi connectivity index (χ1v) is 15.4. The van der Waals surface area contributed by atoms with E-state index in [1.54, 1.807) is 24.3 Å². The second-order valence-electron chi connectivity index (χ2n) is 10.6. The van der Waals surface area contributed by atoms with Crippen LogP contribution in [-0.2, 0) is 33.3 Å². The van der Waals surface area contributed by atoms with Gasteiger partial charge in [-0.2, -0.15) is 26.3 Å². The van der Waals surface area contributed by atoms with E-state index in [9.17, 15) is 45.5 Å². The van der Waals surface area contributed by atoms with Gasteiger partial charge in [0.2, 0.25) is 17.7 Å². The molecule has 2 aliphatic heterocycles. The maximum absolute atomic E-state index is 14.0. The number of aromatic nitrogens is 1. The number of fused-ring (bicyclic) bond motifs is 2. The highest BCUT2D eigenvalue weighted by molar-refractivity contribution is 8.00. The van der Waals surface area contributed by atoms with E-state index in [1.807, 2.05) is 0 Å². The molecule has 244 valence electrons. The van der Waals surface area contributed by atoms with E-state index in [0.717, 1.165) is 58.0 Å². The van der Waals surface area contributed by atoms with E-state index in [-0.39, 0.29) is 16.4 Å². The van der Waals surface area contributed by atoms with Gasteiger partial charge in [-0.15, -0.1) is 0 Å². The van der Waals surface area contributed by atoms with Crippen LogP contribution in [0.5, 0.6) is 5.75 Å². The number of nitrogens with zero attached hydrogens (tertiary/aromatic N) is 2. The molecule has 8 nitrogen and oxygen atoms in total. The first kappa shape index (κ1) is 32.4. The fraction of sp³-hybridized carbons (Fsp3) is 0.226. The Kier molecular flexibility index (Phi) is 8.20. The van der Waals surface area contributed by atoms with Gasteiger partial charge < -0.3 is 10.1 Å². The standard InChI is InChI=1S/C31H21F6N3O5S2/c1-45-20-10-8-15(9-11-20)22-23-24(27(43)40(26(23)42)19-7-3-5-17(13-19)31(35,36)37)46-28-25(22)47-29(44)39(28)14-21(41)38-18-6-2-4-16(12-18)30(32,33)34/h2-13,22-24H,14H2,1H3,(H,38,41)/t22-,23-,24+/m0/s1. The minimum atomic E-state index is -4.73. The lowest BCUT2D eigenvalue weighted by molar-refractivity contribution is -0.138. The number of rotatable bonds is 6. The van der Waals surface area contributed by atoms with Gasteiger partial charge >= 0.3 is 17.2 Å². The summed E-state index contributed by atoms with van der Waals surface area (Å²) in [5, 5.41) is 1.36. The Morgan fingerprint density at radius 1 is 0.872 bits per heavy atom. The van der Waals surface area contributed by atoms with Gasteiger partial charge in [-0.3, -0.25) is 23.7 Å². The summed E-state index contributed by atoms with van der Waals surface area (Å²) >= 11 is 1.58. The van der Waals surface area contributed by atoms with Crippen molar-refractivity contribution in [1.29, 1.82) is 0 Å². The molecular formula is C31H21F6N3O5S2. The molecule has 4 aromatic rings. The number of methoxy groups -OCH3 is 1. The van der Waals surface area contributed by atoms with Crippen LogP contribution < -0.4 is 19.8 Å². The summed E-state index contributed by atoms with van der Waals surface area (Å²) in [7, 11) is 1.45. The predicted octanol–water partition coefficient (Wildman–Crippen LogP) is 6.39. The van der Waals surface area contributed by atoms with E-state index in [4.69, 9.17) is 4.74 Å². The lowest BCUT2D eigenvalue weighted by Crippen LogP contribution is -2.33. The van der Waals surface area contributed by atoms with Gasteiger partial charge in [-0.25, -0.2) is 4.90 Å². The number of ether oxygens (including phenoxy) is 1. The number of halogens is 6. The van der Waals surface area contributed by atoms with Crippen molar-refractivity contribution in [2.75, 3.05) is 17.3 Å². The molecule has 0 unspecified atom stereocenters. The first-order chi connectivity index (χ1) is 22.2. The average molecular weight is 694 g/mol. The number of anilines is 2.